The second-order valence-corrected chi connectivity index (χ2v) is 25.2. The van der Waals surface area contributed by atoms with E-state index in [-0.39, 0.29) is 60.5 Å². The standard InChI is InChI=1S/C30H38N3O7PSi.C14H20N3O7P.FH.H3N/c1-30(2,3)42(25-12-8-6-9-13-25,26-14-10-7-11-15-26)40-24-20-23(17-19-41(37,38-4)39-5)33(21-24)28(35)22-32-18-16-27(34)31-29(32)36;1-23-25(22,24-2)6-4-10-7-11(18)8-17(10)13(20)9-16-5-3-12(19)15-14(16)21;;/h6-19,23-24H,20-22H2,1-5H3,(H,31,34,36);3-6,10-11,18H,7-9H2,1-2H3,(H,15,19,21);1H;1H3/b19-17+;6-4+;;/t23-,24-;10-,11-;;/m11../s1. The van der Waals surface area contributed by atoms with E-state index in [1.165, 1.54) is 69.5 Å². The number of benzene rings is 2. The highest BCUT2D eigenvalue weighted by atomic mass is 31.2. The van der Waals surface area contributed by atoms with Crippen LogP contribution in [0, 0.1) is 0 Å². The highest BCUT2D eigenvalue weighted by Crippen LogP contribution is 2.49. The van der Waals surface area contributed by atoms with Crippen molar-refractivity contribution < 1.29 is 51.1 Å². The number of rotatable bonds is 16. The van der Waals surface area contributed by atoms with Gasteiger partial charge in [0.05, 0.1) is 24.3 Å². The van der Waals surface area contributed by atoms with Crippen LogP contribution in [0.3, 0.4) is 0 Å². The van der Waals surface area contributed by atoms with Gasteiger partial charge in [-0.2, -0.15) is 0 Å². The van der Waals surface area contributed by atoms with Gasteiger partial charge in [0.25, 0.3) is 19.4 Å². The van der Waals surface area contributed by atoms with E-state index < -0.39 is 70.1 Å². The topological polar surface area (TPSA) is 286 Å². The van der Waals surface area contributed by atoms with Gasteiger partial charge in [-0.15, -0.1) is 0 Å². The SMILES string of the molecule is COP(=O)(/C=C/[C@@H]1C[C@@H](O)CN1C(=O)Cn1ccc(=O)[nH]c1=O)OC.COP(=O)(/C=C/[C@@H]1C[C@@H](O[Si](c2ccccc2)(c2ccccc2)C(C)(C)C)CN1C(=O)Cn1ccc(=O)[nH]c1=O)OC.F.N. The molecule has 6 rings (SSSR count). The number of hydrogen-bond donors (Lipinski definition) is 4. The van der Waals surface area contributed by atoms with E-state index in [2.05, 4.69) is 55.0 Å². The van der Waals surface area contributed by atoms with Crippen LogP contribution in [0.5, 0.6) is 0 Å². The maximum atomic E-state index is 13.6. The Morgan fingerprint density at radius 1 is 0.681 bits per heavy atom. The number of aliphatic hydroxyl groups is 1. The first-order valence-electron chi connectivity index (χ1n) is 21.2. The number of carbonyl (C=O) groups excluding carboxylic acids is 2. The van der Waals surface area contributed by atoms with Crippen LogP contribution >= 0.6 is 15.2 Å². The lowest BCUT2D eigenvalue weighted by atomic mass is 10.2. The quantitative estimate of drug-likeness (QED) is 0.0928. The Hall–Kier alpha value is -5.45. The molecule has 25 heteroatoms. The lowest BCUT2D eigenvalue weighted by Gasteiger charge is -2.44. The fourth-order valence-corrected chi connectivity index (χ4v) is 14.3. The molecule has 4 heterocycles. The Bertz CT molecular complexity index is 2690. The molecule has 0 bridgehead atoms. The van der Waals surface area contributed by atoms with E-state index in [0.717, 1.165) is 25.6 Å². The normalized spacial score (nSPS) is 18.7. The van der Waals surface area contributed by atoms with Crippen LogP contribution in [0.1, 0.15) is 33.6 Å². The molecule has 0 saturated carbocycles. The summed E-state index contributed by atoms with van der Waals surface area (Å²) in [5.74, 6) is 1.82. The number of nitrogens with one attached hydrogen (secondary N) is 2. The molecule has 21 nitrogen and oxygen atoms in total. The molecule has 2 aliphatic heterocycles. The van der Waals surface area contributed by atoms with E-state index in [1.807, 2.05) is 36.4 Å². The smallest absolute Gasteiger partial charge is 0.353 e. The lowest BCUT2D eigenvalue weighted by molar-refractivity contribution is -0.133. The summed E-state index contributed by atoms with van der Waals surface area (Å²) in [5, 5.41) is 11.8. The molecule has 2 aromatic carbocycles. The summed E-state index contributed by atoms with van der Waals surface area (Å²) in [7, 11) is -4.75. The molecule has 4 aromatic rings. The lowest BCUT2D eigenvalue weighted by Crippen LogP contribution is -2.67. The first kappa shape index (κ1) is 57.9. The molecular weight excluding hydrogens is 960 g/mol. The molecule has 2 saturated heterocycles. The summed E-state index contributed by atoms with van der Waals surface area (Å²) >= 11 is 0. The molecule has 0 spiro atoms. The molecule has 69 heavy (non-hydrogen) atoms. The number of halogens is 1. The van der Waals surface area contributed by atoms with Gasteiger partial charge in [-0.05, 0) is 28.3 Å². The third-order valence-corrected chi connectivity index (χ3v) is 19.6. The Morgan fingerprint density at radius 2 is 1.07 bits per heavy atom. The number of carbonyl (C=O) groups is 2. The number of amides is 2. The summed E-state index contributed by atoms with van der Waals surface area (Å²) in [6.45, 7) is 6.31. The van der Waals surface area contributed by atoms with Gasteiger partial charge < -0.3 is 43.6 Å². The number of nitrogens with zero attached hydrogens (tertiary/aromatic N) is 4. The van der Waals surface area contributed by atoms with E-state index in [1.54, 1.807) is 11.0 Å². The van der Waals surface area contributed by atoms with Gasteiger partial charge in [0.1, 0.15) is 13.1 Å². The molecule has 6 N–H and O–H groups in total. The number of hydrogen-bond acceptors (Lipinski definition) is 15. The molecule has 2 fully saturated rings. The minimum atomic E-state index is -3.50. The second-order valence-electron chi connectivity index (χ2n) is 16.7. The van der Waals surface area contributed by atoms with Crippen molar-refractivity contribution in [1.82, 2.24) is 35.1 Å². The first-order chi connectivity index (χ1) is 31.7. The predicted octanol–water partition coefficient (Wildman–Crippen LogP) is 2.89. The highest BCUT2D eigenvalue weighted by molar-refractivity contribution is 7.57. The van der Waals surface area contributed by atoms with Gasteiger partial charge in [-0.25, -0.2) is 9.59 Å². The molecule has 0 aliphatic carbocycles. The molecule has 378 valence electrons. The fraction of sp³-hybridized carbons (Fsp3) is 0.409. The minimum absolute atomic E-state index is 0. The summed E-state index contributed by atoms with van der Waals surface area (Å²) < 4.78 is 54.1. The van der Waals surface area contributed by atoms with E-state index in [4.69, 9.17) is 22.5 Å². The molecule has 2 amide bonds. The van der Waals surface area contributed by atoms with Crippen LogP contribution in [0.2, 0.25) is 5.04 Å². The zero-order valence-electron chi connectivity index (χ0n) is 39.5. The Morgan fingerprint density at radius 3 is 1.45 bits per heavy atom. The maximum Gasteiger partial charge on any atom is 0.353 e. The van der Waals surface area contributed by atoms with E-state index >= 15 is 0 Å². The summed E-state index contributed by atoms with van der Waals surface area (Å²) in [6, 6.07) is 21.8. The number of β-amino-alcohol motifs (C(OH)–C–C–N with tert-alkyl or cyclic N) is 1. The van der Waals surface area contributed by atoms with Gasteiger partial charge in [0, 0.05) is 77.7 Å². The Labute approximate surface area is 398 Å². The minimum Gasteiger partial charge on any atom is -0.403 e. The largest absolute Gasteiger partial charge is 0.403 e. The van der Waals surface area contributed by atoms with Gasteiger partial charge in [-0.3, -0.25) is 52.1 Å². The van der Waals surface area contributed by atoms with Crippen molar-refractivity contribution in [3.05, 3.63) is 151 Å². The number of aromatic amines is 2. The number of aromatic nitrogens is 4. The van der Waals surface area contributed by atoms with Crippen LogP contribution in [-0.4, -0.2) is 120 Å². The molecule has 2 aromatic heterocycles. The van der Waals surface area contributed by atoms with Crippen molar-refractivity contribution >= 4 is 45.7 Å². The van der Waals surface area contributed by atoms with Crippen molar-refractivity contribution in [2.75, 3.05) is 41.5 Å². The van der Waals surface area contributed by atoms with Crippen LogP contribution in [0.15, 0.2) is 128 Å². The van der Waals surface area contributed by atoms with E-state index in [9.17, 15) is 43.0 Å². The number of likely N-dealkylation sites (tertiary alicyclic amines) is 2. The third-order valence-electron chi connectivity index (χ3n) is 11.4. The molecular formula is C44H62FN7O14P2Si. The van der Waals surface area contributed by atoms with Crippen LogP contribution < -0.4 is 39.0 Å². The number of H-pyrrole nitrogens is 2. The fourth-order valence-electron chi connectivity index (χ4n) is 8.05. The van der Waals surface area contributed by atoms with Crippen LogP contribution in [0.25, 0.3) is 0 Å². The number of aliphatic hydroxyl groups excluding tert-OH is 1. The van der Waals surface area contributed by atoms with Gasteiger partial charge in [-0.1, -0.05) is 93.6 Å². The van der Waals surface area contributed by atoms with Crippen molar-refractivity contribution in [2.45, 2.75) is 76.0 Å². The monoisotopic (exact) mass is 1020 g/mol. The first-order valence-corrected chi connectivity index (χ1v) is 26.3. The Balaban J connectivity index is 0.000000401. The summed E-state index contributed by atoms with van der Waals surface area (Å²) in [6.07, 6.45) is 5.23. The van der Waals surface area contributed by atoms with Crippen LogP contribution in [0.4, 0.5) is 4.70 Å². The average Bonchev–Trinajstić information content (AvgIpc) is 3.91. The maximum absolute atomic E-state index is 13.6. The summed E-state index contributed by atoms with van der Waals surface area (Å²) in [4.78, 5) is 79.9. The average molecular weight is 1020 g/mol. The molecule has 0 unspecified atom stereocenters. The second kappa shape index (κ2) is 24.9. The molecule has 0 radical (unpaired) electrons. The van der Waals surface area contributed by atoms with Gasteiger partial charge in [0.2, 0.25) is 11.8 Å². The zero-order valence-corrected chi connectivity index (χ0v) is 42.3. The van der Waals surface area contributed by atoms with Gasteiger partial charge >= 0.3 is 26.6 Å². The zero-order chi connectivity index (χ0) is 49.2. The molecule has 4 atom stereocenters. The van der Waals surface area contributed by atoms with Crippen molar-refractivity contribution in [3.8, 4) is 0 Å². The third kappa shape index (κ3) is 14.3. The van der Waals surface area contributed by atoms with Gasteiger partial charge in [0.15, 0.2) is 0 Å². The predicted molar refractivity (Wildman–Crippen MR) is 260 cm³/mol. The summed E-state index contributed by atoms with van der Waals surface area (Å²) in [5.41, 5.74) is -2.47. The Kier molecular flexibility index (Phi) is 20.9. The van der Waals surface area contributed by atoms with Crippen molar-refractivity contribution in [1.29, 1.82) is 0 Å². The van der Waals surface area contributed by atoms with Crippen molar-refractivity contribution in [2.24, 2.45) is 0 Å². The molecule has 2 aliphatic rings. The van der Waals surface area contributed by atoms with Crippen molar-refractivity contribution in [3.63, 3.8) is 0 Å². The highest BCUT2D eigenvalue weighted by Gasteiger charge is 2.53. The van der Waals surface area contributed by atoms with E-state index in [0.29, 0.717) is 6.42 Å². The van der Waals surface area contributed by atoms with Crippen LogP contribution in [-0.2, 0) is 54.3 Å².